The molecule has 0 aromatic carbocycles. The van der Waals surface area contributed by atoms with E-state index in [4.69, 9.17) is 12.2 Å². The Morgan fingerprint density at radius 2 is 1.85 bits per heavy atom. The molecule has 0 aromatic rings. The fourth-order valence-corrected chi connectivity index (χ4v) is 1.60. The molecule has 13 heavy (non-hydrogen) atoms. The molecule has 1 N–H and O–H groups in total. The molecule has 0 spiro atoms. The highest BCUT2D eigenvalue weighted by Crippen LogP contribution is 2.04. The van der Waals surface area contributed by atoms with Crippen molar-refractivity contribution in [3.63, 3.8) is 0 Å². The molecule has 0 unspecified atom stereocenters. The molecular formula is C10H22N2S. The van der Waals surface area contributed by atoms with Gasteiger partial charge in [-0.3, -0.25) is 0 Å². The molecule has 0 aliphatic carbocycles. The first kappa shape index (κ1) is 12.7. The van der Waals surface area contributed by atoms with Crippen LogP contribution in [0.3, 0.4) is 0 Å². The Bertz CT molecular complexity index is 155. The van der Waals surface area contributed by atoms with Crippen molar-refractivity contribution in [3.05, 3.63) is 0 Å². The fourth-order valence-electron chi connectivity index (χ4n) is 1.17. The van der Waals surface area contributed by atoms with Crippen molar-refractivity contribution < 1.29 is 0 Å². The Morgan fingerprint density at radius 3 is 2.15 bits per heavy atom. The largest absolute Gasteiger partial charge is 0.363 e. The zero-order chi connectivity index (χ0) is 10.4. The van der Waals surface area contributed by atoms with E-state index in [1.807, 2.05) is 0 Å². The van der Waals surface area contributed by atoms with E-state index in [9.17, 15) is 0 Å². The zero-order valence-corrected chi connectivity index (χ0v) is 10.2. The summed E-state index contributed by atoms with van der Waals surface area (Å²) >= 11 is 5.28. The highest BCUT2D eigenvalue weighted by Gasteiger charge is 2.13. The maximum Gasteiger partial charge on any atom is 0.169 e. The molecular weight excluding hydrogens is 180 g/mol. The normalized spacial score (nSPS) is 10.7. The number of rotatable bonds is 4. The zero-order valence-electron chi connectivity index (χ0n) is 9.42. The van der Waals surface area contributed by atoms with E-state index in [0.717, 1.165) is 18.2 Å². The van der Waals surface area contributed by atoms with Gasteiger partial charge < -0.3 is 10.2 Å². The third kappa shape index (κ3) is 5.09. The summed E-state index contributed by atoms with van der Waals surface area (Å²) in [5.41, 5.74) is 0. The van der Waals surface area contributed by atoms with Gasteiger partial charge in [-0.25, -0.2) is 0 Å². The first-order valence-electron chi connectivity index (χ1n) is 5.03. The lowest BCUT2D eigenvalue weighted by Crippen LogP contribution is -2.45. The number of nitrogens with zero attached hydrogens (tertiary/aromatic N) is 1. The van der Waals surface area contributed by atoms with Gasteiger partial charge in [-0.15, -0.1) is 0 Å². The van der Waals surface area contributed by atoms with E-state index in [1.54, 1.807) is 0 Å². The SMILES string of the molecule is CCNC(=S)N(CC(C)C)C(C)C. The second-order valence-electron chi connectivity index (χ2n) is 3.98. The quantitative estimate of drug-likeness (QED) is 0.704. The first-order valence-corrected chi connectivity index (χ1v) is 5.44. The summed E-state index contributed by atoms with van der Waals surface area (Å²) in [4.78, 5) is 2.24. The van der Waals surface area contributed by atoms with Crippen LogP contribution in [0.4, 0.5) is 0 Å². The van der Waals surface area contributed by atoms with E-state index < -0.39 is 0 Å². The first-order chi connectivity index (χ1) is 5.99. The summed E-state index contributed by atoms with van der Waals surface area (Å²) in [6.45, 7) is 12.8. The van der Waals surface area contributed by atoms with Gasteiger partial charge in [-0.05, 0) is 38.9 Å². The molecule has 0 fully saturated rings. The van der Waals surface area contributed by atoms with E-state index in [1.165, 1.54) is 0 Å². The van der Waals surface area contributed by atoms with Crippen LogP contribution in [0.2, 0.25) is 0 Å². The van der Waals surface area contributed by atoms with Gasteiger partial charge in [0.05, 0.1) is 0 Å². The van der Waals surface area contributed by atoms with Crippen LogP contribution in [0.25, 0.3) is 0 Å². The predicted octanol–water partition coefficient (Wildman–Crippen LogP) is 2.25. The van der Waals surface area contributed by atoms with Crippen molar-refractivity contribution in [1.82, 2.24) is 10.2 Å². The number of thiocarbonyl (C=S) groups is 1. The van der Waals surface area contributed by atoms with Gasteiger partial charge >= 0.3 is 0 Å². The maximum atomic E-state index is 5.28. The minimum absolute atomic E-state index is 0.481. The topological polar surface area (TPSA) is 15.3 Å². The molecule has 0 rings (SSSR count). The van der Waals surface area contributed by atoms with Crippen molar-refractivity contribution in [2.45, 2.75) is 40.7 Å². The third-order valence-corrected chi connectivity index (χ3v) is 2.15. The lowest BCUT2D eigenvalue weighted by Gasteiger charge is -2.31. The number of hydrogen-bond acceptors (Lipinski definition) is 1. The third-order valence-electron chi connectivity index (χ3n) is 1.77. The summed E-state index contributed by atoms with van der Waals surface area (Å²) in [7, 11) is 0. The van der Waals surface area contributed by atoms with Crippen LogP contribution in [-0.4, -0.2) is 29.1 Å². The van der Waals surface area contributed by atoms with E-state index in [0.29, 0.717) is 12.0 Å². The Balaban J connectivity index is 4.15. The average Bonchev–Trinajstić information content (AvgIpc) is 1.99. The minimum Gasteiger partial charge on any atom is -0.363 e. The predicted molar refractivity (Wildman–Crippen MR) is 63.0 cm³/mol. The van der Waals surface area contributed by atoms with Gasteiger partial charge in [-0.1, -0.05) is 13.8 Å². The van der Waals surface area contributed by atoms with Gasteiger partial charge in [0, 0.05) is 19.1 Å². The van der Waals surface area contributed by atoms with Gasteiger partial charge in [0.15, 0.2) is 5.11 Å². The highest BCUT2D eigenvalue weighted by atomic mass is 32.1. The Hall–Kier alpha value is -0.310. The molecule has 0 heterocycles. The second kappa shape index (κ2) is 6.19. The molecule has 0 bridgehead atoms. The van der Waals surface area contributed by atoms with E-state index in [-0.39, 0.29) is 0 Å². The Labute approximate surface area is 87.7 Å². The number of hydrogen-bond donors (Lipinski definition) is 1. The second-order valence-corrected chi connectivity index (χ2v) is 4.36. The Kier molecular flexibility index (Phi) is 6.04. The molecule has 0 amide bonds. The highest BCUT2D eigenvalue weighted by molar-refractivity contribution is 7.80. The Morgan fingerprint density at radius 1 is 1.31 bits per heavy atom. The molecule has 3 heteroatoms. The maximum absolute atomic E-state index is 5.28. The van der Waals surface area contributed by atoms with Crippen molar-refractivity contribution in [2.75, 3.05) is 13.1 Å². The lowest BCUT2D eigenvalue weighted by molar-refractivity contribution is 0.308. The smallest absolute Gasteiger partial charge is 0.169 e. The van der Waals surface area contributed by atoms with Crippen LogP contribution in [0.5, 0.6) is 0 Å². The van der Waals surface area contributed by atoms with Gasteiger partial charge in [0.1, 0.15) is 0 Å². The molecule has 0 radical (unpaired) electrons. The molecule has 2 nitrogen and oxygen atoms in total. The molecule has 0 aromatic heterocycles. The summed E-state index contributed by atoms with van der Waals surface area (Å²) in [5, 5.41) is 4.07. The van der Waals surface area contributed by atoms with Crippen molar-refractivity contribution in [2.24, 2.45) is 5.92 Å². The monoisotopic (exact) mass is 202 g/mol. The van der Waals surface area contributed by atoms with Crippen LogP contribution in [0.15, 0.2) is 0 Å². The van der Waals surface area contributed by atoms with Crippen molar-refractivity contribution in [1.29, 1.82) is 0 Å². The van der Waals surface area contributed by atoms with Crippen LogP contribution in [0.1, 0.15) is 34.6 Å². The van der Waals surface area contributed by atoms with Gasteiger partial charge in [-0.2, -0.15) is 0 Å². The summed E-state index contributed by atoms with van der Waals surface area (Å²) < 4.78 is 0. The molecule has 0 saturated heterocycles. The summed E-state index contributed by atoms with van der Waals surface area (Å²) in [6, 6.07) is 0.481. The van der Waals surface area contributed by atoms with Gasteiger partial charge in [0.2, 0.25) is 0 Å². The molecule has 0 atom stereocenters. The molecule has 0 aliphatic rings. The summed E-state index contributed by atoms with van der Waals surface area (Å²) in [5.74, 6) is 0.652. The fraction of sp³-hybridized carbons (Fsp3) is 0.900. The lowest BCUT2D eigenvalue weighted by atomic mass is 10.2. The summed E-state index contributed by atoms with van der Waals surface area (Å²) in [6.07, 6.45) is 0. The van der Waals surface area contributed by atoms with Crippen molar-refractivity contribution >= 4 is 17.3 Å². The van der Waals surface area contributed by atoms with Crippen LogP contribution < -0.4 is 5.32 Å². The molecule has 78 valence electrons. The molecule has 0 aliphatic heterocycles. The van der Waals surface area contributed by atoms with Gasteiger partial charge in [0.25, 0.3) is 0 Å². The van der Waals surface area contributed by atoms with Crippen LogP contribution in [-0.2, 0) is 0 Å². The van der Waals surface area contributed by atoms with E-state index in [2.05, 4.69) is 44.8 Å². The van der Waals surface area contributed by atoms with Crippen LogP contribution in [0, 0.1) is 5.92 Å². The van der Waals surface area contributed by atoms with Crippen LogP contribution >= 0.6 is 12.2 Å². The van der Waals surface area contributed by atoms with E-state index >= 15 is 0 Å². The molecule has 0 saturated carbocycles. The number of nitrogens with one attached hydrogen (secondary N) is 1. The minimum atomic E-state index is 0.481. The standard InChI is InChI=1S/C10H22N2S/c1-6-11-10(13)12(9(4)5)7-8(2)3/h8-9H,6-7H2,1-5H3,(H,11,13). The van der Waals surface area contributed by atoms with Crippen molar-refractivity contribution in [3.8, 4) is 0 Å². The average molecular weight is 202 g/mol.